The molecule has 0 amide bonds. The summed E-state index contributed by atoms with van der Waals surface area (Å²) in [6, 6.07) is 15.5. The van der Waals surface area contributed by atoms with Crippen LogP contribution in [0, 0.1) is 20.8 Å². The quantitative estimate of drug-likeness (QED) is 0.464. The maximum atomic E-state index is 12.4. The smallest absolute Gasteiger partial charge is 0.368 e. The SMILES string of the molecule is COc1cccc(-c2cc(C)c(OCc3c(C)cccc3-n3nnn(C)c3=O)cc2C)n1. The number of pyridine rings is 1. The summed E-state index contributed by atoms with van der Waals surface area (Å²) < 4.78 is 14.0. The van der Waals surface area contributed by atoms with Gasteiger partial charge in [-0.15, -0.1) is 0 Å². The number of aromatic nitrogens is 5. The average Bonchev–Trinajstić information content (AvgIpc) is 3.12. The fraction of sp³-hybridized carbons (Fsp3) is 0.250. The lowest BCUT2D eigenvalue weighted by atomic mass is 10.0. The Hall–Kier alpha value is -3.94. The van der Waals surface area contributed by atoms with E-state index in [0.717, 1.165) is 39.3 Å². The van der Waals surface area contributed by atoms with Gasteiger partial charge < -0.3 is 9.47 Å². The first-order chi connectivity index (χ1) is 15.4. The average molecular weight is 431 g/mol. The first-order valence-electron chi connectivity index (χ1n) is 10.2. The number of nitrogens with zero attached hydrogens (tertiary/aromatic N) is 5. The van der Waals surface area contributed by atoms with Crippen LogP contribution in [-0.4, -0.2) is 31.9 Å². The molecule has 2 aromatic carbocycles. The van der Waals surface area contributed by atoms with E-state index in [2.05, 4.69) is 21.5 Å². The number of tetrazole rings is 1. The van der Waals surface area contributed by atoms with Crippen LogP contribution in [-0.2, 0) is 13.7 Å². The molecule has 4 aromatic rings. The number of ether oxygens (including phenoxy) is 2. The van der Waals surface area contributed by atoms with Gasteiger partial charge in [0.1, 0.15) is 12.4 Å². The zero-order chi connectivity index (χ0) is 22.8. The van der Waals surface area contributed by atoms with Crippen LogP contribution >= 0.6 is 0 Å². The summed E-state index contributed by atoms with van der Waals surface area (Å²) in [5.74, 6) is 1.35. The molecule has 8 heteroatoms. The Bertz CT molecular complexity index is 1340. The van der Waals surface area contributed by atoms with Gasteiger partial charge in [-0.05, 0) is 72.2 Å². The van der Waals surface area contributed by atoms with Gasteiger partial charge in [-0.25, -0.2) is 9.78 Å². The molecular weight excluding hydrogens is 406 g/mol. The summed E-state index contributed by atoms with van der Waals surface area (Å²) in [7, 11) is 3.18. The summed E-state index contributed by atoms with van der Waals surface area (Å²) in [5.41, 5.74) is 6.14. The molecule has 0 radical (unpaired) electrons. The Morgan fingerprint density at radius 2 is 1.72 bits per heavy atom. The van der Waals surface area contributed by atoms with Gasteiger partial charge in [-0.3, -0.25) is 0 Å². The summed E-state index contributed by atoms with van der Waals surface area (Å²) in [6.07, 6.45) is 0. The van der Waals surface area contributed by atoms with Crippen molar-refractivity contribution in [1.82, 2.24) is 24.8 Å². The van der Waals surface area contributed by atoms with Crippen molar-refractivity contribution in [2.24, 2.45) is 7.05 Å². The molecule has 8 nitrogen and oxygen atoms in total. The molecule has 0 aliphatic carbocycles. The largest absolute Gasteiger partial charge is 0.489 e. The number of rotatable bonds is 6. The minimum Gasteiger partial charge on any atom is -0.489 e. The first-order valence-corrected chi connectivity index (χ1v) is 10.2. The normalized spacial score (nSPS) is 10.9. The third-order valence-electron chi connectivity index (χ3n) is 5.44. The molecule has 2 aromatic heterocycles. The van der Waals surface area contributed by atoms with E-state index in [0.29, 0.717) is 18.2 Å². The van der Waals surface area contributed by atoms with Crippen LogP contribution in [0.5, 0.6) is 11.6 Å². The standard InChI is InChI=1S/C24H25N5O3/c1-15-8-6-10-21(29-24(30)28(4)26-27-29)19(15)14-32-22-13-16(2)18(12-17(22)3)20-9-7-11-23(25-20)31-5/h6-13H,14H2,1-5H3. The molecule has 0 spiro atoms. The molecule has 4 rings (SSSR count). The highest BCUT2D eigenvalue weighted by atomic mass is 16.5. The van der Waals surface area contributed by atoms with Crippen LogP contribution in [0.4, 0.5) is 0 Å². The second-order valence-electron chi connectivity index (χ2n) is 7.66. The summed E-state index contributed by atoms with van der Waals surface area (Å²) in [6.45, 7) is 6.31. The molecule has 0 saturated heterocycles. The highest BCUT2D eigenvalue weighted by Crippen LogP contribution is 2.31. The van der Waals surface area contributed by atoms with Crippen LogP contribution in [0.1, 0.15) is 22.3 Å². The maximum Gasteiger partial charge on any atom is 0.368 e. The van der Waals surface area contributed by atoms with E-state index < -0.39 is 0 Å². The molecule has 0 aliphatic heterocycles. The van der Waals surface area contributed by atoms with Gasteiger partial charge in [0.05, 0.1) is 18.5 Å². The molecule has 0 saturated carbocycles. The molecule has 32 heavy (non-hydrogen) atoms. The zero-order valence-corrected chi connectivity index (χ0v) is 18.8. The number of methoxy groups -OCH3 is 1. The summed E-state index contributed by atoms with van der Waals surface area (Å²) in [5, 5.41) is 7.80. The van der Waals surface area contributed by atoms with Gasteiger partial charge in [0.15, 0.2) is 0 Å². The van der Waals surface area contributed by atoms with Gasteiger partial charge >= 0.3 is 5.69 Å². The predicted octanol–water partition coefficient (Wildman–Crippen LogP) is 3.54. The van der Waals surface area contributed by atoms with Crippen LogP contribution in [0.15, 0.2) is 53.3 Å². The Kier molecular flexibility index (Phi) is 5.77. The van der Waals surface area contributed by atoms with E-state index in [4.69, 9.17) is 9.47 Å². The van der Waals surface area contributed by atoms with E-state index in [1.807, 2.05) is 63.2 Å². The number of hydrogen-bond acceptors (Lipinski definition) is 6. The van der Waals surface area contributed by atoms with E-state index >= 15 is 0 Å². The van der Waals surface area contributed by atoms with Crippen LogP contribution in [0.2, 0.25) is 0 Å². The molecule has 0 aliphatic rings. The van der Waals surface area contributed by atoms with Crippen molar-refractivity contribution >= 4 is 0 Å². The van der Waals surface area contributed by atoms with Crippen molar-refractivity contribution < 1.29 is 9.47 Å². The molecule has 0 bridgehead atoms. The monoisotopic (exact) mass is 431 g/mol. The van der Waals surface area contributed by atoms with Crippen LogP contribution in [0.25, 0.3) is 16.9 Å². The summed E-state index contributed by atoms with van der Waals surface area (Å²) >= 11 is 0. The highest BCUT2D eigenvalue weighted by Gasteiger charge is 2.15. The Morgan fingerprint density at radius 1 is 0.938 bits per heavy atom. The molecule has 0 atom stereocenters. The third-order valence-corrected chi connectivity index (χ3v) is 5.44. The Balaban J connectivity index is 1.65. The molecule has 164 valence electrons. The number of hydrogen-bond donors (Lipinski definition) is 0. The van der Waals surface area contributed by atoms with Crippen LogP contribution < -0.4 is 15.2 Å². The molecule has 0 unspecified atom stereocenters. The fourth-order valence-corrected chi connectivity index (χ4v) is 3.59. The van der Waals surface area contributed by atoms with E-state index in [1.54, 1.807) is 14.2 Å². The van der Waals surface area contributed by atoms with Gasteiger partial charge in [-0.2, -0.15) is 9.36 Å². The lowest BCUT2D eigenvalue weighted by molar-refractivity contribution is 0.302. The summed E-state index contributed by atoms with van der Waals surface area (Å²) in [4.78, 5) is 16.9. The minimum atomic E-state index is -0.306. The van der Waals surface area contributed by atoms with Crippen molar-refractivity contribution in [2.75, 3.05) is 7.11 Å². The lowest BCUT2D eigenvalue weighted by Crippen LogP contribution is -2.23. The molecule has 0 N–H and O–H groups in total. The Labute approximate surface area is 186 Å². The van der Waals surface area contributed by atoms with E-state index in [-0.39, 0.29) is 5.69 Å². The van der Waals surface area contributed by atoms with E-state index in [9.17, 15) is 4.79 Å². The van der Waals surface area contributed by atoms with E-state index in [1.165, 1.54) is 9.36 Å². The van der Waals surface area contributed by atoms with Crippen molar-refractivity contribution in [3.63, 3.8) is 0 Å². The van der Waals surface area contributed by atoms with Crippen molar-refractivity contribution in [3.8, 4) is 28.6 Å². The highest BCUT2D eigenvalue weighted by molar-refractivity contribution is 5.66. The molecular formula is C24H25N5O3. The maximum absolute atomic E-state index is 12.4. The van der Waals surface area contributed by atoms with Gasteiger partial charge in [0, 0.05) is 24.2 Å². The second kappa shape index (κ2) is 8.66. The van der Waals surface area contributed by atoms with Crippen molar-refractivity contribution in [2.45, 2.75) is 27.4 Å². The van der Waals surface area contributed by atoms with Crippen molar-refractivity contribution in [1.29, 1.82) is 0 Å². The van der Waals surface area contributed by atoms with Gasteiger partial charge in [0.2, 0.25) is 5.88 Å². The predicted molar refractivity (Wildman–Crippen MR) is 121 cm³/mol. The second-order valence-corrected chi connectivity index (χ2v) is 7.66. The molecule has 2 heterocycles. The molecule has 0 fully saturated rings. The third kappa shape index (κ3) is 3.99. The first kappa shape index (κ1) is 21.3. The zero-order valence-electron chi connectivity index (χ0n) is 18.8. The van der Waals surface area contributed by atoms with Crippen LogP contribution in [0.3, 0.4) is 0 Å². The topological polar surface area (TPSA) is 84.1 Å². The fourth-order valence-electron chi connectivity index (χ4n) is 3.59. The lowest BCUT2D eigenvalue weighted by Gasteiger charge is -2.16. The minimum absolute atomic E-state index is 0.294. The van der Waals surface area contributed by atoms with Gasteiger partial charge in [0.25, 0.3) is 0 Å². The number of benzene rings is 2. The van der Waals surface area contributed by atoms with Crippen molar-refractivity contribution in [3.05, 3.63) is 81.3 Å². The van der Waals surface area contributed by atoms with Gasteiger partial charge in [-0.1, -0.05) is 18.2 Å². The Morgan fingerprint density at radius 3 is 2.44 bits per heavy atom. The number of aryl methyl sites for hydroxylation is 4.